The van der Waals surface area contributed by atoms with Gasteiger partial charge in [0.15, 0.2) is 0 Å². The van der Waals surface area contributed by atoms with Gasteiger partial charge in [-0.2, -0.15) is 0 Å². The van der Waals surface area contributed by atoms with Gasteiger partial charge >= 0.3 is 0 Å². The van der Waals surface area contributed by atoms with Gasteiger partial charge in [-0.25, -0.2) is 0 Å². The van der Waals surface area contributed by atoms with Gasteiger partial charge in [-0.15, -0.1) is 0 Å². The molecule has 0 heterocycles. The molecule has 0 aliphatic carbocycles. The number of hydrogen-bond donors (Lipinski definition) is 0. The molecule has 0 unspecified atom stereocenters. The van der Waals surface area contributed by atoms with Crippen molar-refractivity contribution < 1.29 is 42.6 Å². The third-order valence-corrected chi connectivity index (χ3v) is 4.30. The summed E-state index contributed by atoms with van der Waals surface area (Å²) in [5.74, 6) is 0. The molecule has 10 nitrogen and oxygen atoms in total. The minimum Gasteiger partial charge on any atom is -0.379 e. The Morgan fingerprint density at radius 3 is 0.824 bits per heavy atom. The minimum atomic E-state index is 0.538. The van der Waals surface area contributed by atoms with Crippen LogP contribution >= 0.6 is 0 Å². The molecule has 0 spiro atoms. The Morgan fingerprint density at radius 2 is 0.588 bits per heavy atom. The van der Waals surface area contributed by atoms with Crippen LogP contribution in [-0.4, -0.2) is 144 Å². The molecule has 0 aromatic carbocycles. The molecule has 0 aromatic rings. The second kappa shape index (κ2) is 30.6. The predicted octanol–water partition coefficient (Wildman–Crippen LogP) is 1.50. The highest BCUT2D eigenvalue weighted by molar-refractivity contribution is 4.41. The Hall–Kier alpha value is -0.400. The molecule has 34 heavy (non-hydrogen) atoms. The summed E-state index contributed by atoms with van der Waals surface area (Å²) in [7, 11) is 4.05. The van der Waals surface area contributed by atoms with E-state index in [9.17, 15) is 0 Å². The smallest absolute Gasteiger partial charge is 0.0701 e. The van der Waals surface area contributed by atoms with Gasteiger partial charge in [0.25, 0.3) is 0 Å². The zero-order valence-electron chi connectivity index (χ0n) is 22.0. The van der Waals surface area contributed by atoms with Crippen molar-refractivity contribution in [2.75, 3.05) is 140 Å². The van der Waals surface area contributed by atoms with E-state index in [0.29, 0.717) is 106 Å². The lowest BCUT2D eigenvalue weighted by Gasteiger charge is -2.10. The maximum Gasteiger partial charge on any atom is 0.0701 e. The van der Waals surface area contributed by atoms with E-state index in [-0.39, 0.29) is 0 Å². The van der Waals surface area contributed by atoms with Gasteiger partial charge in [0.05, 0.1) is 112 Å². The summed E-state index contributed by atoms with van der Waals surface area (Å²) in [6.45, 7) is 13.7. The van der Waals surface area contributed by atoms with E-state index in [1.165, 1.54) is 0 Å². The number of likely N-dealkylation sites (N-methyl/N-ethyl adjacent to an activating group) is 1. The van der Waals surface area contributed by atoms with Gasteiger partial charge in [-0.1, -0.05) is 13.3 Å². The average molecular weight is 498 g/mol. The topological polar surface area (TPSA) is 86.3 Å². The standard InChI is InChI=1S/C24H51NO9/c1-4-5-7-26-9-11-28-13-15-30-17-19-32-21-23-34-24-22-33-20-18-31-16-14-29-12-10-27-8-6-25(2)3/h4-24H2,1-3H3. The average Bonchev–Trinajstić information content (AvgIpc) is 2.83. The van der Waals surface area contributed by atoms with Gasteiger partial charge < -0.3 is 47.5 Å². The second-order valence-electron chi connectivity index (χ2n) is 7.67. The van der Waals surface area contributed by atoms with Crippen molar-refractivity contribution in [1.82, 2.24) is 4.90 Å². The molecule has 0 N–H and O–H groups in total. The van der Waals surface area contributed by atoms with Crippen molar-refractivity contribution in [3.63, 3.8) is 0 Å². The van der Waals surface area contributed by atoms with E-state index >= 15 is 0 Å². The van der Waals surface area contributed by atoms with Gasteiger partial charge in [0.2, 0.25) is 0 Å². The molecule has 0 bridgehead atoms. The molecular weight excluding hydrogens is 446 g/mol. The van der Waals surface area contributed by atoms with Crippen molar-refractivity contribution in [2.24, 2.45) is 0 Å². The molecule has 0 amide bonds. The first-order chi connectivity index (χ1) is 16.8. The van der Waals surface area contributed by atoms with Gasteiger partial charge in [-0.3, -0.25) is 0 Å². The van der Waals surface area contributed by atoms with E-state index in [1.807, 2.05) is 14.1 Å². The zero-order valence-corrected chi connectivity index (χ0v) is 22.0. The number of ether oxygens (including phenoxy) is 9. The van der Waals surface area contributed by atoms with Gasteiger partial charge in [0, 0.05) is 13.2 Å². The van der Waals surface area contributed by atoms with Crippen LogP contribution in [0.15, 0.2) is 0 Å². The summed E-state index contributed by atoms with van der Waals surface area (Å²) in [6, 6.07) is 0. The number of hydrogen-bond acceptors (Lipinski definition) is 10. The van der Waals surface area contributed by atoms with E-state index in [2.05, 4.69) is 11.8 Å². The van der Waals surface area contributed by atoms with Gasteiger partial charge in [0.1, 0.15) is 0 Å². The molecule has 0 atom stereocenters. The van der Waals surface area contributed by atoms with E-state index in [1.54, 1.807) is 0 Å². The third-order valence-electron chi connectivity index (χ3n) is 4.30. The molecule has 0 saturated heterocycles. The summed E-state index contributed by atoms with van der Waals surface area (Å²) >= 11 is 0. The Labute approximate surface area is 207 Å². The molecule has 0 saturated carbocycles. The first-order valence-corrected chi connectivity index (χ1v) is 12.6. The monoisotopic (exact) mass is 497 g/mol. The Kier molecular flexibility index (Phi) is 30.3. The van der Waals surface area contributed by atoms with Crippen molar-refractivity contribution in [2.45, 2.75) is 19.8 Å². The quantitative estimate of drug-likeness (QED) is 0.136. The maximum atomic E-state index is 5.46. The minimum absolute atomic E-state index is 0.538. The molecular formula is C24H51NO9. The van der Waals surface area contributed by atoms with Crippen LogP contribution in [0, 0.1) is 0 Å². The largest absolute Gasteiger partial charge is 0.379 e. The Morgan fingerprint density at radius 1 is 0.353 bits per heavy atom. The lowest BCUT2D eigenvalue weighted by Crippen LogP contribution is -2.19. The highest BCUT2D eigenvalue weighted by Crippen LogP contribution is 1.89. The SMILES string of the molecule is CCCCOCCOCCOCCOCCOCCOCCOCCOCCOCCN(C)C. The highest BCUT2D eigenvalue weighted by atomic mass is 16.6. The third kappa shape index (κ3) is 31.6. The number of nitrogens with zero attached hydrogens (tertiary/aromatic N) is 1. The predicted molar refractivity (Wildman–Crippen MR) is 131 cm³/mol. The molecule has 0 aliphatic heterocycles. The summed E-state index contributed by atoms with van der Waals surface area (Å²) in [6.07, 6.45) is 2.25. The van der Waals surface area contributed by atoms with Crippen LogP contribution in [0.2, 0.25) is 0 Å². The summed E-state index contributed by atoms with van der Waals surface area (Å²) in [4.78, 5) is 2.09. The van der Waals surface area contributed by atoms with E-state index in [4.69, 9.17) is 42.6 Å². The second-order valence-corrected chi connectivity index (χ2v) is 7.67. The highest BCUT2D eigenvalue weighted by Gasteiger charge is 1.96. The van der Waals surface area contributed by atoms with Crippen LogP contribution in [0.3, 0.4) is 0 Å². The number of unbranched alkanes of at least 4 members (excludes halogenated alkanes) is 1. The first-order valence-electron chi connectivity index (χ1n) is 12.6. The fourth-order valence-corrected chi connectivity index (χ4v) is 2.35. The van der Waals surface area contributed by atoms with E-state index in [0.717, 1.165) is 32.6 Å². The molecule has 0 aliphatic rings. The van der Waals surface area contributed by atoms with Gasteiger partial charge in [-0.05, 0) is 20.5 Å². The summed E-state index contributed by atoms with van der Waals surface area (Å²) in [5, 5.41) is 0. The summed E-state index contributed by atoms with van der Waals surface area (Å²) < 4.78 is 49.0. The summed E-state index contributed by atoms with van der Waals surface area (Å²) in [5.41, 5.74) is 0. The van der Waals surface area contributed by atoms with Crippen molar-refractivity contribution in [3.05, 3.63) is 0 Å². The van der Waals surface area contributed by atoms with Crippen molar-refractivity contribution in [3.8, 4) is 0 Å². The van der Waals surface area contributed by atoms with Crippen molar-refractivity contribution >= 4 is 0 Å². The Balaban J connectivity index is 3.00. The normalized spacial score (nSPS) is 11.6. The molecule has 0 rings (SSSR count). The molecule has 206 valence electrons. The fraction of sp³-hybridized carbons (Fsp3) is 1.00. The van der Waals surface area contributed by atoms with Crippen LogP contribution < -0.4 is 0 Å². The molecule has 0 fully saturated rings. The van der Waals surface area contributed by atoms with Crippen LogP contribution in [0.1, 0.15) is 19.8 Å². The zero-order chi connectivity index (χ0) is 24.8. The molecule has 0 aromatic heterocycles. The van der Waals surface area contributed by atoms with Crippen LogP contribution in [0.4, 0.5) is 0 Å². The van der Waals surface area contributed by atoms with Crippen LogP contribution in [0.25, 0.3) is 0 Å². The lowest BCUT2D eigenvalue weighted by atomic mass is 10.4. The molecule has 10 heteroatoms. The number of rotatable bonds is 30. The fourth-order valence-electron chi connectivity index (χ4n) is 2.35. The molecule has 0 radical (unpaired) electrons. The van der Waals surface area contributed by atoms with Crippen molar-refractivity contribution in [1.29, 1.82) is 0 Å². The lowest BCUT2D eigenvalue weighted by molar-refractivity contribution is -0.0251. The maximum absolute atomic E-state index is 5.46. The van der Waals surface area contributed by atoms with Crippen LogP contribution in [-0.2, 0) is 42.6 Å². The van der Waals surface area contributed by atoms with E-state index < -0.39 is 0 Å². The van der Waals surface area contributed by atoms with Crippen LogP contribution in [0.5, 0.6) is 0 Å². The Bertz CT molecular complexity index is 365. The first kappa shape index (κ1) is 33.6.